The minimum atomic E-state index is -0.476. The van der Waals surface area contributed by atoms with Crippen LogP contribution in [0, 0.1) is 6.92 Å². The number of phenols is 1. The van der Waals surface area contributed by atoms with Crippen molar-refractivity contribution in [3.05, 3.63) is 75.1 Å². The number of nitrogens with zero attached hydrogens (tertiary/aromatic N) is 1. The molecule has 0 aliphatic carbocycles. The van der Waals surface area contributed by atoms with Gasteiger partial charge in [0.05, 0.1) is 12.7 Å². The van der Waals surface area contributed by atoms with E-state index in [0.717, 1.165) is 5.56 Å². The van der Waals surface area contributed by atoms with Gasteiger partial charge in [-0.15, -0.1) is 0 Å². The third kappa shape index (κ3) is 4.04. The van der Waals surface area contributed by atoms with Crippen LogP contribution in [0.3, 0.4) is 0 Å². The number of fused-ring (bicyclic) bond motifs is 1. The van der Waals surface area contributed by atoms with Gasteiger partial charge in [0.25, 0.3) is 5.56 Å². The number of phenolic OH excluding ortho intramolecular Hbond substituents is 1. The molecule has 7 nitrogen and oxygen atoms in total. The van der Waals surface area contributed by atoms with E-state index in [1.165, 1.54) is 30.5 Å². The van der Waals surface area contributed by atoms with Crippen LogP contribution in [0.1, 0.15) is 34.6 Å². The number of amides is 1. The number of anilines is 1. The van der Waals surface area contributed by atoms with Gasteiger partial charge < -0.3 is 20.1 Å². The number of aryl methyl sites for hydroxylation is 1. The van der Waals surface area contributed by atoms with E-state index in [1.54, 1.807) is 12.1 Å². The van der Waals surface area contributed by atoms with Crippen molar-refractivity contribution in [3.63, 3.8) is 0 Å². The highest BCUT2D eigenvalue weighted by molar-refractivity contribution is 7.98. The Morgan fingerprint density at radius 1 is 1.20 bits per heavy atom. The molecule has 2 heterocycles. The summed E-state index contributed by atoms with van der Waals surface area (Å²) in [6.45, 7) is 2.03. The molecule has 1 amide bonds. The fourth-order valence-corrected chi connectivity index (χ4v) is 4.27. The predicted octanol–water partition coefficient (Wildman–Crippen LogP) is 3.56. The van der Waals surface area contributed by atoms with Gasteiger partial charge in [0.2, 0.25) is 5.91 Å². The van der Waals surface area contributed by atoms with Crippen LogP contribution >= 0.6 is 11.8 Å². The van der Waals surface area contributed by atoms with Gasteiger partial charge in [0, 0.05) is 18.1 Å². The molecule has 1 aromatic heterocycles. The number of thioether (sulfide) groups is 1. The molecular weight excluding hydrogens is 402 g/mol. The summed E-state index contributed by atoms with van der Waals surface area (Å²) < 4.78 is 5.17. The molecule has 0 saturated carbocycles. The minimum absolute atomic E-state index is 0.00313. The molecule has 0 bridgehead atoms. The summed E-state index contributed by atoms with van der Waals surface area (Å²) >= 11 is 1.40. The van der Waals surface area contributed by atoms with Gasteiger partial charge >= 0.3 is 0 Å². The minimum Gasteiger partial charge on any atom is -0.504 e. The first-order valence-electron chi connectivity index (χ1n) is 9.44. The zero-order valence-electron chi connectivity index (χ0n) is 16.6. The zero-order valence-corrected chi connectivity index (χ0v) is 17.4. The van der Waals surface area contributed by atoms with Crippen LogP contribution in [-0.4, -0.2) is 28.1 Å². The van der Waals surface area contributed by atoms with Crippen molar-refractivity contribution >= 4 is 23.5 Å². The Morgan fingerprint density at radius 3 is 2.70 bits per heavy atom. The first-order chi connectivity index (χ1) is 14.4. The second-order valence-electron chi connectivity index (χ2n) is 7.14. The largest absolute Gasteiger partial charge is 0.504 e. The zero-order chi connectivity index (χ0) is 21.3. The lowest BCUT2D eigenvalue weighted by molar-refractivity contribution is -0.116. The molecule has 154 valence electrons. The number of nitrogens with one attached hydrogen (secondary N) is 2. The summed E-state index contributed by atoms with van der Waals surface area (Å²) in [6.07, 6.45) is 0.113. The lowest BCUT2D eigenvalue weighted by Crippen LogP contribution is -2.31. The average Bonchev–Trinajstić information content (AvgIpc) is 2.73. The molecule has 0 spiro atoms. The Bertz CT molecular complexity index is 1160. The lowest BCUT2D eigenvalue weighted by atomic mass is 9.86. The van der Waals surface area contributed by atoms with E-state index in [9.17, 15) is 14.7 Å². The average molecular weight is 423 g/mol. The fraction of sp³-hybridized carbons (Fsp3) is 0.227. The standard InChI is InChI=1S/C22H21N3O4S/c1-12-3-5-13(6-4-12)11-30-22-24-20-19(21(28)25-22)15(10-18(27)23-20)14-7-8-16(26)17(9-14)29-2/h3-9,15,26H,10-11H2,1-2H3,(H2,23,24,25,27,28)/t15-/m1/s1. The molecule has 0 saturated heterocycles. The lowest BCUT2D eigenvalue weighted by Gasteiger charge is -2.25. The molecule has 3 N–H and O–H groups in total. The van der Waals surface area contributed by atoms with Crippen LogP contribution in [0.2, 0.25) is 0 Å². The van der Waals surface area contributed by atoms with Gasteiger partial charge in [-0.2, -0.15) is 0 Å². The predicted molar refractivity (Wildman–Crippen MR) is 115 cm³/mol. The third-order valence-corrected chi connectivity index (χ3v) is 5.98. The summed E-state index contributed by atoms with van der Waals surface area (Å²) in [6, 6.07) is 13.0. The molecule has 3 aromatic rings. The molecule has 4 rings (SSSR count). The van der Waals surface area contributed by atoms with E-state index >= 15 is 0 Å². The van der Waals surface area contributed by atoms with E-state index in [-0.39, 0.29) is 35.2 Å². The maximum Gasteiger partial charge on any atom is 0.257 e. The summed E-state index contributed by atoms with van der Waals surface area (Å²) in [5.74, 6) is 0.515. The number of hydrogen-bond donors (Lipinski definition) is 3. The quantitative estimate of drug-likeness (QED) is 0.428. The highest BCUT2D eigenvalue weighted by atomic mass is 32.2. The van der Waals surface area contributed by atoms with Crippen LogP contribution in [0.25, 0.3) is 0 Å². The molecule has 0 unspecified atom stereocenters. The number of H-pyrrole nitrogens is 1. The molecule has 1 aliphatic rings. The van der Waals surface area contributed by atoms with E-state index in [4.69, 9.17) is 4.74 Å². The van der Waals surface area contributed by atoms with Crippen LogP contribution in [0.5, 0.6) is 11.5 Å². The van der Waals surface area contributed by atoms with Crippen molar-refractivity contribution in [1.82, 2.24) is 9.97 Å². The van der Waals surface area contributed by atoms with Crippen molar-refractivity contribution in [2.75, 3.05) is 12.4 Å². The highest BCUT2D eigenvalue weighted by Crippen LogP contribution is 2.38. The molecule has 1 atom stereocenters. The second-order valence-corrected chi connectivity index (χ2v) is 8.11. The second kappa shape index (κ2) is 8.23. The Hall–Kier alpha value is -3.26. The number of aromatic amines is 1. The Balaban J connectivity index is 1.66. The topological polar surface area (TPSA) is 104 Å². The van der Waals surface area contributed by atoms with E-state index in [0.29, 0.717) is 22.0 Å². The monoisotopic (exact) mass is 423 g/mol. The molecular formula is C22H21N3O4S. The van der Waals surface area contributed by atoms with E-state index in [1.807, 2.05) is 31.2 Å². The molecule has 30 heavy (non-hydrogen) atoms. The Morgan fingerprint density at radius 2 is 1.97 bits per heavy atom. The SMILES string of the molecule is COc1cc([C@H]2CC(=O)Nc3nc(SCc4ccc(C)cc4)[nH]c(=O)c32)ccc1O. The number of rotatable bonds is 5. The Labute approximate surface area is 177 Å². The van der Waals surface area contributed by atoms with Gasteiger partial charge in [-0.25, -0.2) is 4.98 Å². The summed E-state index contributed by atoms with van der Waals surface area (Å²) in [5, 5.41) is 13.0. The van der Waals surface area contributed by atoms with Crippen LogP contribution in [0.15, 0.2) is 52.4 Å². The number of aromatic nitrogens is 2. The maximum absolute atomic E-state index is 12.9. The number of hydrogen-bond acceptors (Lipinski definition) is 6. The number of benzene rings is 2. The normalized spacial score (nSPS) is 15.4. The van der Waals surface area contributed by atoms with Gasteiger partial charge in [-0.1, -0.05) is 47.7 Å². The van der Waals surface area contributed by atoms with Crippen molar-refractivity contribution in [2.45, 2.75) is 30.2 Å². The molecule has 1 aliphatic heterocycles. The molecule has 8 heteroatoms. The van der Waals surface area contributed by atoms with Crippen molar-refractivity contribution in [1.29, 1.82) is 0 Å². The molecule has 0 fully saturated rings. The summed E-state index contributed by atoms with van der Waals surface area (Å²) in [4.78, 5) is 32.5. The van der Waals surface area contributed by atoms with Crippen LogP contribution in [0.4, 0.5) is 5.82 Å². The smallest absolute Gasteiger partial charge is 0.257 e. The third-order valence-electron chi connectivity index (χ3n) is 5.03. The first kappa shape index (κ1) is 20.0. The fourth-order valence-electron chi connectivity index (χ4n) is 3.45. The number of ether oxygens (including phenoxy) is 1. The van der Waals surface area contributed by atoms with Crippen LogP contribution in [-0.2, 0) is 10.5 Å². The molecule has 2 aromatic carbocycles. The van der Waals surface area contributed by atoms with Crippen molar-refractivity contribution in [2.24, 2.45) is 0 Å². The number of methoxy groups -OCH3 is 1. The summed E-state index contributed by atoms with van der Waals surface area (Å²) in [5.41, 5.74) is 3.12. The highest BCUT2D eigenvalue weighted by Gasteiger charge is 2.31. The first-order valence-corrected chi connectivity index (χ1v) is 10.4. The maximum atomic E-state index is 12.9. The van der Waals surface area contributed by atoms with E-state index in [2.05, 4.69) is 15.3 Å². The van der Waals surface area contributed by atoms with Crippen molar-refractivity contribution < 1.29 is 14.6 Å². The number of carbonyl (C=O) groups excluding carboxylic acids is 1. The van der Waals surface area contributed by atoms with Gasteiger partial charge in [0.15, 0.2) is 16.7 Å². The van der Waals surface area contributed by atoms with E-state index < -0.39 is 5.92 Å². The van der Waals surface area contributed by atoms with Crippen LogP contribution < -0.4 is 15.6 Å². The summed E-state index contributed by atoms with van der Waals surface area (Å²) in [7, 11) is 1.45. The molecule has 0 radical (unpaired) electrons. The van der Waals surface area contributed by atoms with Gasteiger partial charge in [-0.05, 0) is 30.2 Å². The number of aromatic hydroxyl groups is 1. The van der Waals surface area contributed by atoms with Crippen molar-refractivity contribution in [3.8, 4) is 11.5 Å². The van der Waals surface area contributed by atoms with Gasteiger partial charge in [0.1, 0.15) is 5.82 Å². The Kier molecular flexibility index (Phi) is 5.50. The number of carbonyl (C=O) groups is 1. The van der Waals surface area contributed by atoms with Gasteiger partial charge in [-0.3, -0.25) is 9.59 Å².